The largest absolute Gasteiger partial charge is 0.494 e. The molecule has 0 aromatic heterocycles. The Morgan fingerprint density at radius 2 is 2.00 bits per heavy atom. The Balaban J connectivity index is 1.65. The van der Waals surface area contributed by atoms with Crippen molar-refractivity contribution in [1.29, 1.82) is 0 Å². The summed E-state index contributed by atoms with van der Waals surface area (Å²) in [6.07, 6.45) is 1.36. The Morgan fingerprint density at radius 3 is 2.70 bits per heavy atom. The molecule has 2 aromatic rings. The van der Waals surface area contributed by atoms with E-state index >= 15 is 0 Å². The number of hydrogen-bond acceptors (Lipinski definition) is 4. The maximum atomic E-state index is 12.2. The third-order valence-electron chi connectivity index (χ3n) is 4.08. The SMILES string of the molecule is COc1cc(NC(=O)COc2cc(Cl)ccc2Cl)ccc1N1CCCC1=O. The number of hydrogen-bond donors (Lipinski definition) is 1. The first-order valence-electron chi connectivity index (χ1n) is 8.34. The fourth-order valence-corrected chi connectivity index (χ4v) is 3.14. The van der Waals surface area contributed by atoms with Crippen molar-refractivity contribution in [2.45, 2.75) is 12.8 Å². The van der Waals surface area contributed by atoms with Crippen molar-refractivity contribution in [2.24, 2.45) is 0 Å². The Kier molecular flexibility index (Phi) is 6.08. The van der Waals surface area contributed by atoms with E-state index in [-0.39, 0.29) is 18.4 Å². The van der Waals surface area contributed by atoms with Crippen LogP contribution in [0.15, 0.2) is 36.4 Å². The molecule has 8 heteroatoms. The lowest BCUT2D eigenvalue weighted by Gasteiger charge is -2.19. The van der Waals surface area contributed by atoms with Crippen LogP contribution in [0.3, 0.4) is 0 Å². The third-order valence-corrected chi connectivity index (χ3v) is 4.63. The molecular formula is C19H18Cl2N2O4. The standard InChI is InChI=1S/C19H18Cl2N2O4/c1-26-17-10-13(5-7-15(17)23-8-2-3-19(23)25)22-18(24)11-27-16-9-12(20)4-6-14(16)21/h4-7,9-10H,2-3,8,11H2,1H3,(H,22,24). The van der Waals surface area contributed by atoms with E-state index in [0.717, 1.165) is 6.42 Å². The summed E-state index contributed by atoms with van der Waals surface area (Å²) in [4.78, 5) is 25.8. The molecule has 1 N–H and O–H groups in total. The number of halogens is 2. The van der Waals surface area contributed by atoms with E-state index in [9.17, 15) is 9.59 Å². The fourth-order valence-electron chi connectivity index (χ4n) is 2.81. The van der Waals surface area contributed by atoms with E-state index < -0.39 is 0 Å². The van der Waals surface area contributed by atoms with Gasteiger partial charge in [0.1, 0.15) is 11.5 Å². The van der Waals surface area contributed by atoms with Gasteiger partial charge in [0.2, 0.25) is 5.91 Å². The van der Waals surface area contributed by atoms with Gasteiger partial charge in [-0.2, -0.15) is 0 Å². The molecule has 142 valence electrons. The third kappa shape index (κ3) is 4.64. The quantitative estimate of drug-likeness (QED) is 0.779. The Hall–Kier alpha value is -2.44. The topological polar surface area (TPSA) is 67.9 Å². The summed E-state index contributed by atoms with van der Waals surface area (Å²) in [5.74, 6) is 0.552. The number of carbonyl (C=O) groups is 2. The van der Waals surface area contributed by atoms with E-state index in [1.165, 1.54) is 7.11 Å². The van der Waals surface area contributed by atoms with Crippen LogP contribution in [-0.4, -0.2) is 32.1 Å². The van der Waals surface area contributed by atoms with Gasteiger partial charge in [-0.1, -0.05) is 23.2 Å². The summed E-state index contributed by atoms with van der Waals surface area (Å²) in [6, 6.07) is 9.92. The van der Waals surface area contributed by atoms with Gasteiger partial charge in [-0.05, 0) is 30.7 Å². The van der Waals surface area contributed by atoms with Crippen LogP contribution in [0.2, 0.25) is 10.0 Å². The number of rotatable bonds is 6. The summed E-state index contributed by atoms with van der Waals surface area (Å²) in [6.45, 7) is 0.434. The number of methoxy groups -OCH3 is 1. The minimum Gasteiger partial charge on any atom is -0.494 e. The summed E-state index contributed by atoms with van der Waals surface area (Å²) >= 11 is 11.9. The van der Waals surface area contributed by atoms with Crippen molar-refractivity contribution < 1.29 is 19.1 Å². The van der Waals surface area contributed by atoms with Gasteiger partial charge in [0.05, 0.1) is 17.8 Å². The molecule has 0 saturated carbocycles. The molecular weight excluding hydrogens is 391 g/mol. The molecule has 1 saturated heterocycles. The number of anilines is 2. The molecule has 2 aromatic carbocycles. The van der Waals surface area contributed by atoms with Gasteiger partial charge < -0.3 is 19.7 Å². The summed E-state index contributed by atoms with van der Waals surface area (Å²) < 4.78 is 10.8. The number of carbonyl (C=O) groups excluding carboxylic acids is 2. The first-order chi connectivity index (χ1) is 13.0. The molecule has 0 atom stereocenters. The number of nitrogens with zero attached hydrogens (tertiary/aromatic N) is 1. The summed E-state index contributed by atoms with van der Waals surface area (Å²) in [5, 5.41) is 3.56. The second-order valence-electron chi connectivity index (χ2n) is 5.95. The molecule has 2 amide bonds. The smallest absolute Gasteiger partial charge is 0.262 e. The van der Waals surface area contributed by atoms with Gasteiger partial charge >= 0.3 is 0 Å². The van der Waals surface area contributed by atoms with E-state index in [2.05, 4.69) is 5.32 Å². The zero-order chi connectivity index (χ0) is 19.4. The molecule has 0 spiro atoms. The van der Waals surface area contributed by atoms with Gasteiger partial charge in [-0.15, -0.1) is 0 Å². The maximum Gasteiger partial charge on any atom is 0.262 e. The van der Waals surface area contributed by atoms with Crippen molar-refractivity contribution in [2.75, 3.05) is 30.5 Å². The monoisotopic (exact) mass is 408 g/mol. The molecule has 1 aliphatic heterocycles. The molecule has 0 aliphatic carbocycles. The minimum atomic E-state index is -0.363. The van der Waals surface area contributed by atoms with Gasteiger partial charge in [-0.3, -0.25) is 9.59 Å². The first-order valence-corrected chi connectivity index (χ1v) is 9.09. The number of amides is 2. The average molecular weight is 409 g/mol. The Labute approximate surface area is 167 Å². The van der Waals surface area contributed by atoms with E-state index in [4.69, 9.17) is 32.7 Å². The molecule has 1 heterocycles. The van der Waals surface area contributed by atoms with Crippen molar-refractivity contribution in [3.63, 3.8) is 0 Å². The summed E-state index contributed by atoms with van der Waals surface area (Å²) in [7, 11) is 1.52. The predicted octanol–water partition coefficient (Wildman–Crippen LogP) is 4.15. The number of nitrogens with one attached hydrogen (secondary N) is 1. The molecule has 6 nitrogen and oxygen atoms in total. The lowest BCUT2D eigenvalue weighted by molar-refractivity contribution is -0.118. The fraction of sp³-hybridized carbons (Fsp3) is 0.263. The molecule has 1 aliphatic rings. The summed E-state index contributed by atoms with van der Waals surface area (Å²) in [5.41, 5.74) is 1.23. The van der Waals surface area contributed by atoms with E-state index in [1.807, 2.05) is 0 Å². The van der Waals surface area contributed by atoms with E-state index in [1.54, 1.807) is 41.3 Å². The Morgan fingerprint density at radius 1 is 1.19 bits per heavy atom. The predicted molar refractivity (Wildman–Crippen MR) is 105 cm³/mol. The van der Waals surface area contributed by atoms with Crippen LogP contribution in [0.4, 0.5) is 11.4 Å². The molecule has 27 heavy (non-hydrogen) atoms. The molecule has 0 unspecified atom stereocenters. The lowest BCUT2D eigenvalue weighted by Crippen LogP contribution is -2.24. The van der Waals surface area contributed by atoms with Crippen molar-refractivity contribution >= 4 is 46.4 Å². The van der Waals surface area contributed by atoms with Crippen LogP contribution in [0.1, 0.15) is 12.8 Å². The van der Waals surface area contributed by atoms with Gasteiger partial charge in [0.25, 0.3) is 5.91 Å². The minimum absolute atomic E-state index is 0.0666. The van der Waals surface area contributed by atoms with Gasteiger partial charge in [0, 0.05) is 35.8 Å². The average Bonchev–Trinajstić information content (AvgIpc) is 3.08. The Bertz CT molecular complexity index is 873. The van der Waals surface area contributed by atoms with Gasteiger partial charge in [0.15, 0.2) is 6.61 Å². The van der Waals surface area contributed by atoms with Crippen LogP contribution in [0.5, 0.6) is 11.5 Å². The van der Waals surface area contributed by atoms with Crippen molar-refractivity contribution in [3.05, 3.63) is 46.4 Å². The highest BCUT2D eigenvalue weighted by Gasteiger charge is 2.24. The normalized spacial score (nSPS) is 13.6. The maximum absolute atomic E-state index is 12.2. The molecule has 3 rings (SSSR count). The second-order valence-corrected chi connectivity index (χ2v) is 6.79. The zero-order valence-corrected chi connectivity index (χ0v) is 16.1. The lowest BCUT2D eigenvalue weighted by atomic mass is 10.2. The molecule has 0 radical (unpaired) electrons. The van der Waals surface area contributed by atoms with Crippen LogP contribution >= 0.6 is 23.2 Å². The highest BCUT2D eigenvalue weighted by molar-refractivity contribution is 6.34. The number of benzene rings is 2. The van der Waals surface area contributed by atoms with Crippen LogP contribution in [0.25, 0.3) is 0 Å². The van der Waals surface area contributed by atoms with Crippen LogP contribution < -0.4 is 19.7 Å². The molecule has 1 fully saturated rings. The second kappa shape index (κ2) is 8.50. The number of ether oxygens (including phenoxy) is 2. The highest BCUT2D eigenvalue weighted by atomic mass is 35.5. The van der Waals surface area contributed by atoms with Crippen LogP contribution in [-0.2, 0) is 9.59 Å². The van der Waals surface area contributed by atoms with Crippen molar-refractivity contribution in [3.8, 4) is 11.5 Å². The zero-order valence-electron chi connectivity index (χ0n) is 14.6. The van der Waals surface area contributed by atoms with Gasteiger partial charge in [-0.25, -0.2) is 0 Å². The molecule has 0 bridgehead atoms. The highest BCUT2D eigenvalue weighted by Crippen LogP contribution is 2.34. The van der Waals surface area contributed by atoms with Crippen molar-refractivity contribution in [1.82, 2.24) is 0 Å². The van der Waals surface area contributed by atoms with Crippen LogP contribution in [0, 0.1) is 0 Å². The first kappa shape index (κ1) is 19.3. The van der Waals surface area contributed by atoms with E-state index in [0.29, 0.717) is 45.9 Å².